The van der Waals surface area contributed by atoms with E-state index in [2.05, 4.69) is 115 Å². The number of benzene rings is 7. The number of hydrogen-bond donors (Lipinski definition) is 0. The van der Waals surface area contributed by atoms with Gasteiger partial charge in [0.15, 0.2) is 17.5 Å². The molecule has 0 saturated heterocycles. The maximum Gasteiger partial charge on any atom is 0.164 e. The minimum atomic E-state index is 0.636. The summed E-state index contributed by atoms with van der Waals surface area (Å²) < 4.78 is 6.43. The second-order valence-electron chi connectivity index (χ2n) is 11.2. The Morgan fingerprint density at radius 3 is 1.73 bits per heavy atom. The quantitative estimate of drug-likeness (QED) is 0.209. The molecule has 0 unspecified atom stereocenters. The van der Waals surface area contributed by atoms with Crippen LogP contribution in [0.3, 0.4) is 0 Å². The van der Waals surface area contributed by atoms with Crippen molar-refractivity contribution in [1.82, 2.24) is 15.0 Å². The highest BCUT2D eigenvalue weighted by molar-refractivity contribution is 6.19. The monoisotopic (exact) mass is 575 g/mol. The van der Waals surface area contributed by atoms with Gasteiger partial charge in [-0.3, -0.25) is 0 Å². The van der Waals surface area contributed by atoms with Crippen LogP contribution >= 0.6 is 0 Å². The van der Waals surface area contributed by atoms with Gasteiger partial charge in [0.2, 0.25) is 0 Å². The van der Waals surface area contributed by atoms with Crippen molar-refractivity contribution in [2.45, 2.75) is 0 Å². The molecule has 0 fully saturated rings. The lowest BCUT2D eigenvalue weighted by Gasteiger charge is -2.11. The minimum Gasteiger partial charge on any atom is -0.455 e. The average Bonchev–Trinajstić information content (AvgIpc) is 3.51. The summed E-state index contributed by atoms with van der Waals surface area (Å²) in [6, 6.07) is 52.2. The van der Waals surface area contributed by atoms with E-state index < -0.39 is 0 Å². The summed E-state index contributed by atoms with van der Waals surface area (Å²) in [5.74, 6) is 1.94. The summed E-state index contributed by atoms with van der Waals surface area (Å²) in [5, 5.41) is 6.80. The van der Waals surface area contributed by atoms with Crippen molar-refractivity contribution < 1.29 is 4.42 Å². The molecule has 0 aliphatic heterocycles. The van der Waals surface area contributed by atoms with E-state index >= 15 is 0 Å². The van der Waals surface area contributed by atoms with E-state index in [-0.39, 0.29) is 0 Å². The minimum absolute atomic E-state index is 0.636. The highest BCUT2D eigenvalue weighted by atomic mass is 16.3. The Hall–Kier alpha value is -6.13. The van der Waals surface area contributed by atoms with Gasteiger partial charge in [-0.1, -0.05) is 140 Å². The Morgan fingerprint density at radius 2 is 0.933 bits per heavy atom. The molecule has 2 aromatic heterocycles. The normalized spacial score (nSPS) is 11.6. The third-order valence-electron chi connectivity index (χ3n) is 8.54. The molecule has 7 aromatic carbocycles. The summed E-state index contributed by atoms with van der Waals surface area (Å²) in [6.07, 6.45) is 0. The molecule has 4 heteroatoms. The maximum absolute atomic E-state index is 6.43. The van der Waals surface area contributed by atoms with Gasteiger partial charge in [-0.25, -0.2) is 15.0 Å². The number of nitrogens with zero attached hydrogens (tertiary/aromatic N) is 3. The van der Waals surface area contributed by atoms with Crippen LogP contribution in [0.2, 0.25) is 0 Å². The van der Waals surface area contributed by atoms with Crippen molar-refractivity contribution in [3.05, 3.63) is 152 Å². The molecule has 0 radical (unpaired) electrons. The van der Waals surface area contributed by atoms with Crippen molar-refractivity contribution >= 4 is 43.5 Å². The van der Waals surface area contributed by atoms with Gasteiger partial charge in [-0.05, 0) is 39.4 Å². The van der Waals surface area contributed by atoms with E-state index in [1.165, 1.54) is 5.39 Å². The third kappa shape index (κ3) is 4.27. The summed E-state index contributed by atoms with van der Waals surface area (Å²) in [6.45, 7) is 0. The topological polar surface area (TPSA) is 51.8 Å². The van der Waals surface area contributed by atoms with Crippen molar-refractivity contribution in [1.29, 1.82) is 0 Å². The lowest BCUT2D eigenvalue weighted by molar-refractivity contribution is 0.673. The summed E-state index contributed by atoms with van der Waals surface area (Å²) >= 11 is 0. The van der Waals surface area contributed by atoms with E-state index in [4.69, 9.17) is 19.4 Å². The first kappa shape index (κ1) is 25.4. The van der Waals surface area contributed by atoms with Gasteiger partial charge in [0.05, 0.1) is 0 Å². The van der Waals surface area contributed by atoms with Crippen LogP contribution in [0.4, 0.5) is 0 Å². The molecule has 0 aliphatic carbocycles. The van der Waals surface area contributed by atoms with Gasteiger partial charge in [-0.2, -0.15) is 0 Å². The SMILES string of the molecule is c1ccc(-c2nc(-c3ccc(-c4cccc5oc6c7ccccc7ccc6c45)cc3)nc(-c3cccc4ccccc34)n2)cc1. The van der Waals surface area contributed by atoms with E-state index in [9.17, 15) is 0 Å². The van der Waals surface area contributed by atoms with Crippen LogP contribution in [0.15, 0.2) is 156 Å². The second kappa shape index (κ2) is 10.2. The largest absolute Gasteiger partial charge is 0.455 e. The Balaban J connectivity index is 1.19. The lowest BCUT2D eigenvalue weighted by atomic mass is 9.97. The van der Waals surface area contributed by atoms with E-state index in [0.717, 1.165) is 65.9 Å². The predicted octanol–water partition coefficient (Wildman–Crippen LogP) is 10.7. The Morgan fingerprint density at radius 1 is 0.356 bits per heavy atom. The molecule has 45 heavy (non-hydrogen) atoms. The molecule has 0 bridgehead atoms. The van der Waals surface area contributed by atoms with Gasteiger partial charge in [0.1, 0.15) is 11.2 Å². The van der Waals surface area contributed by atoms with Crippen molar-refractivity contribution in [3.63, 3.8) is 0 Å². The smallest absolute Gasteiger partial charge is 0.164 e. The lowest BCUT2D eigenvalue weighted by Crippen LogP contribution is -2.00. The van der Waals surface area contributed by atoms with Gasteiger partial charge < -0.3 is 4.42 Å². The van der Waals surface area contributed by atoms with Crippen LogP contribution in [0, 0.1) is 0 Å². The highest BCUT2D eigenvalue weighted by Crippen LogP contribution is 2.40. The summed E-state index contributed by atoms with van der Waals surface area (Å²) in [7, 11) is 0. The van der Waals surface area contributed by atoms with Gasteiger partial charge in [0.25, 0.3) is 0 Å². The van der Waals surface area contributed by atoms with Crippen molar-refractivity contribution in [2.75, 3.05) is 0 Å². The van der Waals surface area contributed by atoms with E-state index in [0.29, 0.717) is 17.5 Å². The Kier molecular flexibility index (Phi) is 5.78. The van der Waals surface area contributed by atoms with Crippen molar-refractivity contribution in [2.24, 2.45) is 0 Å². The molecule has 4 nitrogen and oxygen atoms in total. The fourth-order valence-corrected chi connectivity index (χ4v) is 6.36. The molecular weight excluding hydrogens is 550 g/mol. The molecule has 0 amide bonds. The molecule has 0 aliphatic rings. The standard InChI is InChI=1S/C41H25N3O/c1-2-12-29(13-3-1)39-42-40(44-41(43-39)34-18-8-14-26-10-4-6-15-31(26)34)30-22-20-28(21-23-30)32-17-9-19-36-37(32)35-25-24-27-11-5-7-16-33(27)38(35)45-36/h1-25H. The van der Waals surface area contributed by atoms with Crippen LogP contribution in [0.25, 0.3) is 88.8 Å². The second-order valence-corrected chi connectivity index (χ2v) is 11.2. The Bertz CT molecular complexity index is 2530. The van der Waals surface area contributed by atoms with Crippen LogP contribution in [-0.4, -0.2) is 15.0 Å². The zero-order valence-corrected chi connectivity index (χ0v) is 24.2. The molecule has 0 spiro atoms. The molecule has 2 heterocycles. The van der Waals surface area contributed by atoms with Gasteiger partial charge in [-0.15, -0.1) is 0 Å². The maximum atomic E-state index is 6.43. The number of fused-ring (bicyclic) bond motifs is 6. The van der Waals surface area contributed by atoms with Crippen LogP contribution in [-0.2, 0) is 0 Å². The van der Waals surface area contributed by atoms with Crippen LogP contribution in [0.1, 0.15) is 0 Å². The van der Waals surface area contributed by atoms with Crippen molar-refractivity contribution in [3.8, 4) is 45.3 Å². The molecule has 9 aromatic rings. The highest BCUT2D eigenvalue weighted by Gasteiger charge is 2.17. The molecule has 0 saturated carbocycles. The number of furan rings is 1. The fraction of sp³-hybridized carbons (Fsp3) is 0. The third-order valence-corrected chi connectivity index (χ3v) is 8.54. The molecular formula is C41H25N3O. The van der Waals surface area contributed by atoms with Crippen LogP contribution in [0.5, 0.6) is 0 Å². The van der Waals surface area contributed by atoms with E-state index in [1.54, 1.807) is 0 Å². The zero-order valence-electron chi connectivity index (χ0n) is 24.2. The van der Waals surface area contributed by atoms with E-state index in [1.807, 2.05) is 36.4 Å². The first-order valence-corrected chi connectivity index (χ1v) is 15.0. The number of aromatic nitrogens is 3. The molecule has 0 N–H and O–H groups in total. The zero-order chi connectivity index (χ0) is 29.7. The van der Waals surface area contributed by atoms with Gasteiger partial charge >= 0.3 is 0 Å². The fourth-order valence-electron chi connectivity index (χ4n) is 6.36. The molecule has 9 rings (SSSR count). The van der Waals surface area contributed by atoms with Crippen LogP contribution < -0.4 is 0 Å². The number of hydrogen-bond acceptors (Lipinski definition) is 4. The first-order valence-electron chi connectivity index (χ1n) is 15.0. The molecule has 210 valence electrons. The first-order chi connectivity index (χ1) is 22.3. The summed E-state index contributed by atoms with van der Waals surface area (Å²) in [5.41, 5.74) is 6.90. The average molecular weight is 576 g/mol. The summed E-state index contributed by atoms with van der Waals surface area (Å²) in [4.78, 5) is 14.9. The predicted molar refractivity (Wildman–Crippen MR) is 184 cm³/mol. The molecule has 0 atom stereocenters. The number of rotatable bonds is 4. The Labute approximate surface area is 259 Å². The van der Waals surface area contributed by atoms with Gasteiger partial charge in [0, 0.05) is 32.8 Å².